The maximum Gasteiger partial charge on any atom is 0.196 e. The van der Waals surface area contributed by atoms with E-state index in [0.717, 1.165) is 0 Å². The fourth-order valence-corrected chi connectivity index (χ4v) is 1.71. The first-order valence-electron chi connectivity index (χ1n) is 5.33. The topological polar surface area (TPSA) is 53.5 Å². The third-order valence-corrected chi connectivity index (χ3v) is 2.80. The fraction of sp³-hybridized carbons (Fsp3) is 0.333. The number of methoxy groups -OCH3 is 2. The molecule has 0 amide bonds. The molecule has 6 heteroatoms. The Bertz CT molecular complexity index is 562. The van der Waals surface area contributed by atoms with Crippen molar-refractivity contribution in [2.45, 2.75) is 13.2 Å². The van der Waals surface area contributed by atoms with Gasteiger partial charge in [0.05, 0.1) is 12.6 Å². The highest BCUT2D eigenvalue weighted by atomic mass is 35.5. The van der Waals surface area contributed by atoms with Crippen molar-refractivity contribution in [3.8, 4) is 11.5 Å². The van der Waals surface area contributed by atoms with Crippen molar-refractivity contribution in [1.82, 2.24) is 9.97 Å². The Balaban J connectivity index is 2.53. The molecule has 1 unspecified atom stereocenters. The lowest BCUT2D eigenvalue weighted by atomic mass is 10.2. The predicted molar refractivity (Wildman–Crippen MR) is 68.2 cm³/mol. The molecular formula is C12H13ClN2O3. The maximum absolute atomic E-state index is 6.02. The van der Waals surface area contributed by atoms with E-state index in [1.807, 2.05) is 0 Å². The van der Waals surface area contributed by atoms with Crippen molar-refractivity contribution in [2.24, 2.45) is 0 Å². The number of hydrogen-bond donors (Lipinski definition) is 0. The lowest BCUT2D eigenvalue weighted by Gasteiger charge is -2.16. The van der Waals surface area contributed by atoms with E-state index in [9.17, 15) is 0 Å². The van der Waals surface area contributed by atoms with Crippen LogP contribution in [-0.4, -0.2) is 30.5 Å². The van der Waals surface area contributed by atoms with E-state index in [1.165, 1.54) is 6.33 Å². The summed E-state index contributed by atoms with van der Waals surface area (Å²) in [6.45, 7) is 1.78. The Labute approximate surface area is 110 Å². The molecular weight excluding hydrogens is 256 g/mol. The molecule has 0 saturated carbocycles. The van der Waals surface area contributed by atoms with E-state index >= 15 is 0 Å². The molecule has 0 bridgehead atoms. The van der Waals surface area contributed by atoms with Crippen LogP contribution >= 0.6 is 11.6 Å². The number of hydrogen-bond acceptors (Lipinski definition) is 5. The number of rotatable bonds is 4. The summed E-state index contributed by atoms with van der Waals surface area (Å²) in [4.78, 5) is 8.06. The number of fused-ring (bicyclic) bond motifs is 1. The summed E-state index contributed by atoms with van der Waals surface area (Å²) in [6.07, 6.45) is 1.02. The molecule has 0 aliphatic rings. The number of aromatic nitrogens is 2. The van der Waals surface area contributed by atoms with Gasteiger partial charge in [-0.2, -0.15) is 0 Å². The Hall–Kier alpha value is -1.59. The maximum atomic E-state index is 6.02. The van der Waals surface area contributed by atoms with Gasteiger partial charge in [0, 0.05) is 18.6 Å². The zero-order chi connectivity index (χ0) is 13.1. The molecule has 0 N–H and O–H groups in total. The minimum absolute atomic E-state index is 0.373. The van der Waals surface area contributed by atoms with Gasteiger partial charge in [-0.05, 0) is 13.0 Å². The molecule has 1 aromatic heterocycles. The highest BCUT2D eigenvalue weighted by Crippen LogP contribution is 2.34. The average molecular weight is 269 g/mol. The molecule has 0 aliphatic heterocycles. The lowest BCUT2D eigenvalue weighted by molar-refractivity contribution is -0.0394. The minimum Gasteiger partial charge on any atom is -0.493 e. The summed E-state index contributed by atoms with van der Waals surface area (Å²) in [6, 6.07) is 3.49. The Morgan fingerprint density at radius 3 is 2.61 bits per heavy atom. The normalized spacial score (nSPS) is 12.4. The van der Waals surface area contributed by atoms with Crippen molar-refractivity contribution in [1.29, 1.82) is 0 Å². The third kappa shape index (κ3) is 2.47. The summed E-state index contributed by atoms with van der Waals surface area (Å²) >= 11 is 6.02. The van der Waals surface area contributed by atoms with E-state index in [2.05, 4.69) is 9.97 Å². The van der Waals surface area contributed by atoms with Gasteiger partial charge in [-0.1, -0.05) is 11.6 Å². The van der Waals surface area contributed by atoms with E-state index in [-0.39, 0.29) is 6.29 Å². The first-order chi connectivity index (χ1) is 8.65. The third-order valence-electron chi connectivity index (χ3n) is 2.50. The minimum atomic E-state index is -0.389. The van der Waals surface area contributed by atoms with Gasteiger partial charge in [0.1, 0.15) is 11.5 Å². The predicted octanol–water partition coefficient (Wildman–Crippen LogP) is 2.66. The molecule has 0 radical (unpaired) electrons. The Morgan fingerprint density at radius 2 is 1.94 bits per heavy atom. The number of ether oxygens (including phenoxy) is 3. The largest absolute Gasteiger partial charge is 0.493 e. The summed E-state index contributed by atoms with van der Waals surface area (Å²) in [7, 11) is 3.13. The molecule has 2 aromatic rings. The second-order valence-corrected chi connectivity index (χ2v) is 3.96. The molecule has 0 saturated heterocycles. The van der Waals surface area contributed by atoms with Gasteiger partial charge >= 0.3 is 0 Å². The first kappa shape index (κ1) is 12.9. The van der Waals surface area contributed by atoms with Gasteiger partial charge in [-0.3, -0.25) is 0 Å². The summed E-state index contributed by atoms with van der Waals surface area (Å²) in [5, 5.41) is 1.08. The van der Waals surface area contributed by atoms with Gasteiger partial charge in [0.25, 0.3) is 0 Å². The van der Waals surface area contributed by atoms with Crippen LogP contribution in [0, 0.1) is 0 Å². The average Bonchev–Trinajstić information content (AvgIpc) is 2.39. The highest BCUT2D eigenvalue weighted by Gasteiger charge is 2.12. The quantitative estimate of drug-likeness (QED) is 0.630. The molecule has 2 rings (SSSR count). The van der Waals surface area contributed by atoms with E-state index in [0.29, 0.717) is 27.6 Å². The molecule has 1 atom stereocenters. The van der Waals surface area contributed by atoms with Gasteiger partial charge in [0.15, 0.2) is 17.8 Å². The van der Waals surface area contributed by atoms with E-state index in [4.69, 9.17) is 25.8 Å². The summed E-state index contributed by atoms with van der Waals surface area (Å²) in [5.41, 5.74) is 0.698. The fourth-order valence-electron chi connectivity index (χ4n) is 1.51. The van der Waals surface area contributed by atoms with Crippen molar-refractivity contribution in [2.75, 3.05) is 14.2 Å². The van der Waals surface area contributed by atoms with Crippen molar-refractivity contribution in [3.63, 3.8) is 0 Å². The Morgan fingerprint density at radius 1 is 1.17 bits per heavy atom. The van der Waals surface area contributed by atoms with Crippen molar-refractivity contribution in [3.05, 3.63) is 23.6 Å². The van der Waals surface area contributed by atoms with Crippen LogP contribution in [0.2, 0.25) is 5.15 Å². The highest BCUT2D eigenvalue weighted by molar-refractivity contribution is 6.34. The zero-order valence-corrected chi connectivity index (χ0v) is 11.1. The van der Waals surface area contributed by atoms with Crippen LogP contribution in [-0.2, 0) is 4.74 Å². The zero-order valence-electron chi connectivity index (χ0n) is 10.3. The number of halogens is 1. The number of benzene rings is 1. The van der Waals surface area contributed by atoms with Crippen LogP contribution in [0.15, 0.2) is 18.5 Å². The second kappa shape index (κ2) is 5.37. The molecule has 5 nitrogen and oxygen atoms in total. The van der Waals surface area contributed by atoms with Gasteiger partial charge in [-0.15, -0.1) is 0 Å². The van der Waals surface area contributed by atoms with Crippen molar-refractivity contribution >= 4 is 22.5 Å². The molecule has 1 heterocycles. The van der Waals surface area contributed by atoms with Gasteiger partial charge in [-0.25, -0.2) is 9.97 Å². The molecule has 1 aromatic carbocycles. The monoisotopic (exact) mass is 268 g/mol. The smallest absolute Gasteiger partial charge is 0.196 e. The Kier molecular flexibility index (Phi) is 3.84. The summed E-state index contributed by atoms with van der Waals surface area (Å²) in [5.74, 6) is 1.11. The van der Waals surface area contributed by atoms with Crippen molar-refractivity contribution < 1.29 is 14.2 Å². The van der Waals surface area contributed by atoms with Crippen LogP contribution in [0.5, 0.6) is 11.5 Å². The molecule has 0 spiro atoms. The van der Waals surface area contributed by atoms with Crippen LogP contribution in [0.4, 0.5) is 0 Å². The molecule has 18 heavy (non-hydrogen) atoms. The van der Waals surface area contributed by atoms with Crippen LogP contribution in [0.1, 0.15) is 6.92 Å². The first-order valence-corrected chi connectivity index (χ1v) is 5.71. The molecule has 0 fully saturated rings. The van der Waals surface area contributed by atoms with E-state index in [1.54, 1.807) is 33.3 Å². The SMILES string of the molecule is COc1cc2ncnc(Cl)c2cc1OC(C)OC. The molecule has 0 aliphatic carbocycles. The lowest BCUT2D eigenvalue weighted by Crippen LogP contribution is -2.14. The van der Waals surface area contributed by atoms with E-state index < -0.39 is 0 Å². The van der Waals surface area contributed by atoms with Gasteiger partial charge < -0.3 is 14.2 Å². The summed E-state index contributed by atoms with van der Waals surface area (Å²) < 4.78 is 15.9. The molecule has 96 valence electrons. The standard InChI is InChI=1S/C12H13ClN2O3/c1-7(16-2)18-11-4-8-9(5-10(11)17-3)14-6-15-12(8)13/h4-7H,1-3H3. The van der Waals surface area contributed by atoms with Crippen LogP contribution < -0.4 is 9.47 Å². The number of nitrogens with zero attached hydrogens (tertiary/aromatic N) is 2. The van der Waals surface area contributed by atoms with Gasteiger partial charge in [0.2, 0.25) is 0 Å². The second-order valence-electron chi connectivity index (χ2n) is 3.61. The van der Waals surface area contributed by atoms with Crippen LogP contribution in [0.25, 0.3) is 10.9 Å². The van der Waals surface area contributed by atoms with Crippen LogP contribution in [0.3, 0.4) is 0 Å².